The lowest BCUT2D eigenvalue weighted by atomic mass is 10.2. The van der Waals surface area contributed by atoms with E-state index in [4.69, 9.17) is 24.5 Å². The molecule has 92 heavy (non-hydrogen) atoms. The normalized spacial score (nSPS) is 11.0. The topological polar surface area (TPSA) is 413 Å². The molecule has 0 bridgehead atoms. The maximum Gasteiger partial charge on any atom is 0.412 e. The molecule has 8 aromatic rings. The molecule has 490 valence electrons. The van der Waals surface area contributed by atoms with Crippen LogP contribution >= 0.6 is 0 Å². The fraction of sp³-hybridized carbons (Fsp3) is 0.316. The summed E-state index contributed by atoms with van der Waals surface area (Å²) in [6.45, 7) is 10.7. The number of aromatic carboxylic acids is 1. The Kier molecular flexibility index (Phi) is 21.6. The van der Waals surface area contributed by atoms with Crippen molar-refractivity contribution in [3.63, 3.8) is 0 Å². The van der Waals surface area contributed by atoms with Gasteiger partial charge in [0, 0.05) is 106 Å². The van der Waals surface area contributed by atoms with Crippen molar-refractivity contribution in [2.75, 3.05) is 51.6 Å². The van der Waals surface area contributed by atoms with E-state index in [1.54, 1.807) is 105 Å². The van der Waals surface area contributed by atoms with Crippen molar-refractivity contribution in [1.29, 1.82) is 0 Å². The molecular weight excluding hydrogens is 1210 g/mol. The van der Waals surface area contributed by atoms with Gasteiger partial charge in [-0.1, -0.05) is 0 Å². The Morgan fingerprint density at radius 2 is 0.793 bits per heavy atom. The van der Waals surface area contributed by atoms with E-state index in [1.165, 1.54) is 109 Å². The maximum atomic E-state index is 13.1. The molecule has 0 fully saturated rings. The summed E-state index contributed by atoms with van der Waals surface area (Å²) in [6, 6.07) is 8.66. The van der Waals surface area contributed by atoms with Gasteiger partial charge < -0.3 is 82.4 Å². The van der Waals surface area contributed by atoms with Crippen LogP contribution in [0.15, 0.2) is 86.0 Å². The molecule has 8 heterocycles. The number of nitrogens with zero attached hydrogens (tertiary/aromatic N) is 11. The smallest absolute Gasteiger partial charge is 0.412 e. The number of hydrogen-bond acceptors (Lipinski definition) is 19. The Hall–Kier alpha value is -11.8. The van der Waals surface area contributed by atoms with Gasteiger partial charge in [-0.3, -0.25) is 39.4 Å². The Balaban J connectivity index is 0.000000241. The Morgan fingerprint density at radius 3 is 1.18 bits per heavy atom. The van der Waals surface area contributed by atoms with Crippen molar-refractivity contribution < 1.29 is 77.3 Å². The molecule has 0 atom stereocenters. The van der Waals surface area contributed by atoms with Gasteiger partial charge in [-0.2, -0.15) is 0 Å². The van der Waals surface area contributed by atoms with Crippen LogP contribution < -0.4 is 37.4 Å². The third kappa shape index (κ3) is 18.2. The van der Waals surface area contributed by atoms with E-state index >= 15 is 0 Å². The van der Waals surface area contributed by atoms with Crippen LogP contribution in [0.4, 0.5) is 50.6 Å². The van der Waals surface area contributed by atoms with E-state index in [1.807, 2.05) is 20.8 Å². The van der Waals surface area contributed by atoms with Crippen LogP contribution in [-0.2, 0) is 80.5 Å². The first-order valence-corrected chi connectivity index (χ1v) is 27.2. The fourth-order valence-electron chi connectivity index (χ4n) is 8.33. The number of methoxy groups -OCH3 is 2. The number of anilines is 7. The Morgan fingerprint density at radius 1 is 0.446 bits per heavy atom. The van der Waals surface area contributed by atoms with Gasteiger partial charge in [-0.25, -0.2) is 39.5 Å². The van der Waals surface area contributed by atoms with Crippen molar-refractivity contribution in [3.05, 3.63) is 142 Å². The number of carboxylic acid groups (broad SMARTS) is 1. The minimum Gasteiger partial charge on any atom is -0.475 e. The zero-order valence-electron chi connectivity index (χ0n) is 53.0. The number of rotatable bonds is 18. The van der Waals surface area contributed by atoms with E-state index in [0.29, 0.717) is 34.1 Å². The molecule has 0 unspecified atom stereocenters. The summed E-state index contributed by atoms with van der Waals surface area (Å²) in [4.78, 5) is 138. The number of hydrogen-bond donors (Lipinski definition) is 8. The van der Waals surface area contributed by atoms with Gasteiger partial charge in [0.1, 0.15) is 39.8 Å². The number of amides is 6. The highest BCUT2D eigenvalue weighted by Crippen LogP contribution is 2.23. The number of carbonyl (C=O) groups is 9. The standard InChI is InChI=1S/C29H35N9O7.C15H21N5O5.C13H14N4O5/c1-29(2,3)45-28(43)32-18-10-20(36(5)14-18)25(40)34-22-15-38(7)23(33-22)26(41)31-16-9-19(35(4)12-16)24(39)30-17-11-21(27(42)44-8)37(6)13-17;1-15(2,3)24-25-18-9-6-10(19(4)7-9)13(21)17-11-8-20(5)12(16-11)14(22)23;1-15-6-8(4-11(15)13(19)22-3)14-12(18)10-5-9(17(20)21)7-16(10)2/h9-15H,1-8H3,(H,30,39)(H,31,41)(H,32,43)(H,34,40);6-8,18H,1-5H3,(H,17,21)(H,22,23);4-7H,1-3H3,(H,14,18). The number of carbonyl (C=O) groups excluding carboxylic acids is 8. The average Bonchev–Trinajstić information content (AvgIpc) is 1.73. The molecule has 0 aliphatic carbocycles. The average molecular weight is 1280 g/mol. The van der Waals surface area contributed by atoms with E-state index in [0.717, 1.165) is 0 Å². The summed E-state index contributed by atoms with van der Waals surface area (Å²) in [6.07, 6.45) is 11.4. The number of aromatic nitrogens is 10. The molecule has 8 aromatic heterocycles. The second kappa shape index (κ2) is 28.6. The van der Waals surface area contributed by atoms with E-state index in [2.05, 4.69) is 52.1 Å². The lowest BCUT2D eigenvalue weighted by molar-refractivity contribution is -0.384. The molecule has 35 nitrogen and oxygen atoms in total. The molecule has 0 aliphatic heterocycles. The summed E-state index contributed by atoms with van der Waals surface area (Å²) in [7, 11) is 15.4. The SMILES string of the molecule is COC(=O)c1cc(NC(=O)c2cc(NC(=O)c3nc(NC(=O)c4cc(NC(=O)OC(C)(C)C)cn4C)cn3C)cn2C)cn1C.COC(=O)c1cc(NC(=O)c2cc([N+](=O)[O-])cn2C)cn1C.Cn1cc(NOOC(C)(C)C)cc1C(=O)Nc1cn(C)c(C(=O)O)n1. The largest absolute Gasteiger partial charge is 0.475 e. The van der Waals surface area contributed by atoms with Gasteiger partial charge in [0.25, 0.3) is 35.2 Å². The van der Waals surface area contributed by atoms with Gasteiger partial charge in [-0.15, -0.1) is 4.99 Å². The molecular formula is C57H70N18O17. The van der Waals surface area contributed by atoms with Crippen LogP contribution in [0.5, 0.6) is 0 Å². The molecule has 35 heteroatoms. The zero-order chi connectivity index (χ0) is 68.4. The van der Waals surface area contributed by atoms with E-state index in [-0.39, 0.29) is 57.4 Å². The number of nitrogens with one attached hydrogen (secondary N) is 7. The number of ether oxygens (including phenoxy) is 3. The molecule has 8 rings (SSSR count). The van der Waals surface area contributed by atoms with Crippen LogP contribution in [0.1, 0.15) is 126 Å². The highest BCUT2D eigenvalue weighted by Gasteiger charge is 2.25. The first-order valence-electron chi connectivity index (χ1n) is 27.2. The van der Waals surface area contributed by atoms with Crippen molar-refractivity contribution >= 4 is 99.3 Å². The Labute approximate surface area is 524 Å². The summed E-state index contributed by atoms with van der Waals surface area (Å²) < 4.78 is 26.4. The van der Waals surface area contributed by atoms with Crippen LogP contribution in [0.3, 0.4) is 0 Å². The van der Waals surface area contributed by atoms with Crippen LogP contribution in [-0.4, -0.2) is 135 Å². The van der Waals surface area contributed by atoms with Gasteiger partial charge in [0.15, 0.2) is 11.6 Å². The van der Waals surface area contributed by atoms with E-state index in [9.17, 15) is 53.3 Å². The lowest BCUT2D eigenvalue weighted by Crippen LogP contribution is -2.27. The molecule has 8 N–H and O–H groups in total. The lowest BCUT2D eigenvalue weighted by Gasteiger charge is -2.19. The zero-order valence-corrected chi connectivity index (χ0v) is 53.0. The number of aryl methyl sites for hydroxylation is 8. The summed E-state index contributed by atoms with van der Waals surface area (Å²) in [5, 5.41) is 35.5. The molecule has 0 spiro atoms. The molecule has 0 saturated carbocycles. The van der Waals surface area contributed by atoms with Crippen molar-refractivity contribution in [3.8, 4) is 0 Å². The first-order chi connectivity index (χ1) is 42.9. The van der Waals surface area contributed by atoms with Crippen molar-refractivity contribution in [2.45, 2.75) is 52.7 Å². The minimum atomic E-state index is -1.18. The van der Waals surface area contributed by atoms with Crippen LogP contribution in [0.25, 0.3) is 0 Å². The van der Waals surface area contributed by atoms with Gasteiger partial charge >= 0.3 is 24.0 Å². The van der Waals surface area contributed by atoms with Crippen LogP contribution in [0.2, 0.25) is 0 Å². The predicted molar refractivity (Wildman–Crippen MR) is 330 cm³/mol. The summed E-state index contributed by atoms with van der Waals surface area (Å²) in [5.74, 6) is -4.67. The molecule has 0 saturated heterocycles. The van der Waals surface area contributed by atoms with Gasteiger partial charge in [0.05, 0.1) is 59.4 Å². The first kappa shape index (κ1) is 69.4. The summed E-state index contributed by atoms with van der Waals surface area (Å²) >= 11 is 0. The van der Waals surface area contributed by atoms with E-state index < -0.39 is 69.7 Å². The third-order valence-corrected chi connectivity index (χ3v) is 12.4. The number of esters is 2. The van der Waals surface area contributed by atoms with Crippen molar-refractivity contribution in [1.82, 2.24) is 46.5 Å². The fourth-order valence-corrected chi connectivity index (χ4v) is 8.33. The monoisotopic (exact) mass is 1280 g/mol. The quantitative estimate of drug-likeness (QED) is 0.0151. The number of nitro groups is 1. The Bertz CT molecular complexity index is 4130. The highest BCUT2D eigenvalue weighted by atomic mass is 17.3. The number of carboxylic acids is 1. The third-order valence-electron chi connectivity index (χ3n) is 12.4. The second-order valence-corrected chi connectivity index (χ2v) is 22.3. The highest BCUT2D eigenvalue weighted by molar-refractivity contribution is 6.08. The predicted octanol–water partition coefficient (Wildman–Crippen LogP) is 6.42. The molecule has 0 aromatic carbocycles. The minimum absolute atomic E-state index is 0.000979. The van der Waals surface area contributed by atoms with Crippen LogP contribution in [0, 0.1) is 10.1 Å². The number of imidazole rings is 2. The van der Waals surface area contributed by atoms with Crippen molar-refractivity contribution in [2.24, 2.45) is 56.4 Å². The molecule has 0 aliphatic rings. The molecule has 0 radical (unpaired) electrons. The molecule has 6 amide bonds. The van der Waals surface area contributed by atoms with Gasteiger partial charge in [0.2, 0.25) is 11.6 Å². The second-order valence-electron chi connectivity index (χ2n) is 22.3. The summed E-state index contributed by atoms with van der Waals surface area (Å²) in [5.41, 5.74) is 4.71. The maximum absolute atomic E-state index is 13.1. The van der Waals surface area contributed by atoms with Gasteiger partial charge in [-0.05, 0) is 71.9 Å².